The number of hydrogen-bond donors (Lipinski definition) is 2. The number of nitrogens with zero attached hydrogens (tertiary/aromatic N) is 3. The third-order valence-corrected chi connectivity index (χ3v) is 4.68. The topological polar surface area (TPSA) is 52.1 Å². The molecule has 1 atom stereocenters. The first-order chi connectivity index (χ1) is 12.0. The van der Waals surface area contributed by atoms with Gasteiger partial charge in [-0.3, -0.25) is 9.89 Å². The molecule has 2 rings (SSSR count). The maximum absolute atomic E-state index is 5.75. The molecule has 0 spiro atoms. The van der Waals surface area contributed by atoms with E-state index >= 15 is 0 Å². The average Bonchev–Trinajstić information content (AvgIpc) is 2.59. The van der Waals surface area contributed by atoms with Crippen molar-refractivity contribution in [3.8, 4) is 5.75 Å². The molecule has 1 aromatic rings. The number of likely N-dealkylation sites (N-methyl/N-ethyl adjacent to an activating group) is 2. The number of guanidine groups is 1. The summed E-state index contributed by atoms with van der Waals surface area (Å²) in [5, 5.41) is 6.85. The summed E-state index contributed by atoms with van der Waals surface area (Å²) in [4.78, 5) is 9.13. The average molecular weight is 348 g/mol. The molecule has 1 aromatic carbocycles. The van der Waals surface area contributed by atoms with E-state index in [2.05, 4.69) is 64.6 Å². The number of rotatable bonds is 6. The van der Waals surface area contributed by atoms with Crippen LogP contribution in [-0.2, 0) is 6.54 Å². The zero-order valence-electron chi connectivity index (χ0n) is 16.3. The number of ether oxygens (including phenoxy) is 1. The summed E-state index contributed by atoms with van der Waals surface area (Å²) in [5.41, 5.74) is 2.35. The van der Waals surface area contributed by atoms with Gasteiger partial charge in [-0.05, 0) is 39.6 Å². The SMILES string of the molecule is CCOc1cc(C)ccc1CNC(=NC)NCC1CN(C)CCN1C. The van der Waals surface area contributed by atoms with Gasteiger partial charge in [0.25, 0.3) is 0 Å². The monoisotopic (exact) mass is 347 g/mol. The molecule has 0 aliphatic carbocycles. The van der Waals surface area contributed by atoms with Crippen molar-refractivity contribution in [2.45, 2.75) is 26.4 Å². The Labute approximate surface area is 152 Å². The van der Waals surface area contributed by atoms with E-state index in [1.165, 1.54) is 5.56 Å². The lowest BCUT2D eigenvalue weighted by molar-refractivity contribution is 0.116. The van der Waals surface area contributed by atoms with Crippen molar-refractivity contribution in [1.82, 2.24) is 20.4 Å². The van der Waals surface area contributed by atoms with Crippen molar-refractivity contribution < 1.29 is 4.74 Å². The van der Waals surface area contributed by atoms with Gasteiger partial charge in [-0.25, -0.2) is 0 Å². The smallest absolute Gasteiger partial charge is 0.191 e. The molecule has 0 amide bonds. The maximum atomic E-state index is 5.75. The molecule has 0 bridgehead atoms. The zero-order chi connectivity index (χ0) is 18.2. The Hall–Kier alpha value is -1.79. The van der Waals surface area contributed by atoms with E-state index in [0.717, 1.165) is 43.5 Å². The fourth-order valence-corrected chi connectivity index (χ4v) is 3.03. The number of nitrogens with one attached hydrogen (secondary N) is 2. The van der Waals surface area contributed by atoms with E-state index in [9.17, 15) is 0 Å². The molecule has 6 heteroatoms. The highest BCUT2D eigenvalue weighted by atomic mass is 16.5. The Balaban J connectivity index is 1.88. The van der Waals surface area contributed by atoms with Gasteiger partial charge in [-0.2, -0.15) is 0 Å². The molecule has 1 heterocycles. The van der Waals surface area contributed by atoms with Gasteiger partial charge in [-0.15, -0.1) is 0 Å². The fourth-order valence-electron chi connectivity index (χ4n) is 3.03. The van der Waals surface area contributed by atoms with Gasteiger partial charge in [-0.1, -0.05) is 12.1 Å². The third kappa shape index (κ3) is 5.90. The molecule has 1 saturated heterocycles. The van der Waals surface area contributed by atoms with E-state index in [1.54, 1.807) is 0 Å². The predicted molar refractivity (Wildman–Crippen MR) is 104 cm³/mol. The van der Waals surface area contributed by atoms with Crippen LogP contribution in [-0.4, -0.2) is 75.7 Å². The lowest BCUT2D eigenvalue weighted by Crippen LogP contribution is -2.55. The second-order valence-electron chi connectivity index (χ2n) is 6.75. The minimum absolute atomic E-state index is 0.496. The minimum Gasteiger partial charge on any atom is -0.494 e. The molecular weight excluding hydrogens is 314 g/mol. The maximum Gasteiger partial charge on any atom is 0.191 e. The molecule has 0 radical (unpaired) electrons. The van der Waals surface area contributed by atoms with E-state index in [1.807, 2.05) is 14.0 Å². The largest absolute Gasteiger partial charge is 0.494 e. The van der Waals surface area contributed by atoms with Crippen LogP contribution in [0.4, 0.5) is 0 Å². The van der Waals surface area contributed by atoms with Gasteiger partial charge in [0.1, 0.15) is 5.75 Å². The van der Waals surface area contributed by atoms with Crippen LogP contribution in [0, 0.1) is 6.92 Å². The summed E-state index contributed by atoms with van der Waals surface area (Å²) in [5.74, 6) is 1.77. The van der Waals surface area contributed by atoms with Gasteiger partial charge >= 0.3 is 0 Å². The highest BCUT2D eigenvalue weighted by molar-refractivity contribution is 5.79. The first-order valence-corrected chi connectivity index (χ1v) is 9.09. The summed E-state index contributed by atoms with van der Waals surface area (Å²) < 4.78 is 5.75. The fraction of sp³-hybridized carbons (Fsp3) is 0.632. The molecule has 1 aliphatic rings. The van der Waals surface area contributed by atoms with Crippen molar-refractivity contribution in [3.63, 3.8) is 0 Å². The van der Waals surface area contributed by atoms with Crippen LogP contribution in [0.2, 0.25) is 0 Å². The van der Waals surface area contributed by atoms with Crippen molar-refractivity contribution in [1.29, 1.82) is 0 Å². The Kier molecular flexibility index (Phi) is 7.52. The number of piperazine rings is 1. The van der Waals surface area contributed by atoms with Gasteiger partial charge in [0, 0.05) is 51.4 Å². The van der Waals surface area contributed by atoms with Crippen LogP contribution in [0.25, 0.3) is 0 Å². The summed E-state index contributed by atoms with van der Waals surface area (Å²) in [6, 6.07) is 6.81. The van der Waals surface area contributed by atoms with E-state index in [0.29, 0.717) is 19.2 Å². The lowest BCUT2D eigenvalue weighted by atomic mass is 10.1. The highest BCUT2D eigenvalue weighted by Gasteiger charge is 2.22. The molecule has 25 heavy (non-hydrogen) atoms. The quantitative estimate of drug-likeness (QED) is 0.600. The van der Waals surface area contributed by atoms with Crippen molar-refractivity contribution in [3.05, 3.63) is 29.3 Å². The summed E-state index contributed by atoms with van der Waals surface area (Å²) in [6.45, 7) is 9.65. The van der Waals surface area contributed by atoms with E-state index < -0.39 is 0 Å². The summed E-state index contributed by atoms with van der Waals surface area (Å²) in [6.07, 6.45) is 0. The first kappa shape index (κ1) is 19.5. The molecular formula is C19H33N5O. The molecule has 140 valence electrons. The second-order valence-corrected chi connectivity index (χ2v) is 6.75. The Morgan fingerprint density at radius 3 is 2.80 bits per heavy atom. The van der Waals surface area contributed by atoms with Gasteiger partial charge in [0.15, 0.2) is 5.96 Å². The number of hydrogen-bond acceptors (Lipinski definition) is 4. The highest BCUT2D eigenvalue weighted by Crippen LogP contribution is 2.20. The zero-order valence-corrected chi connectivity index (χ0v) is 16.3. The Morgan fingerprint density at radius 2 is 2.08 bits per heavy atom. The van der Waals surface area contributed by atoms with Crippen molar-refractivity contribution in [2.75, 3.05) is 53.9 Å². The van der Waals surface area contributed by atoms with E-state index in [4.69, 9.17) is 4.74 Å². The van der Waals surface area contributed by atoms with Crippen LogP contribution in [0.3, 0.4) is 0 Å². The van der Waals surface area contributed by atoms with Crippen LogP contribution in [0.5, 0.6) is 5.75 Å². The lowest BCUT2D eigenvalue weighted by Gasteiger charge is -2.37. The Bertz CT molecular complexity index is 575. The number of aryl methyl sites for hydroxylation is 1. The standard InChI is InChI=1S/C19H33N5O/c1-6-25-18-11-15(2)7-8-16(18)12-21-19(20-3)22-13-17-14-23(4)9-10-24(17)5/h7-8,11,17H,6,9-10,12-14H2,1-5H3,(H2,20,21,22). The second kappa shape index (κ2) is 9.63. The first-order valence-electron chi connectivity index (χ1n) is 9.09. The summed E-state index contributed by atoms with van der Waals surface area (Å²) >= 11 is 0. The molecule has 2 N–H and O–H groups in total. The van der Waals surface area contributed by atoms with Crippen LogP contribution < -0.4 is 15.4 Å². The number of aliphatic imine (C=N–C) groups is 1. The van der Waals surface area contributed by atoms with Crippen molar-refractivity contribution >= 4 is 5.96 Å². The molecule has 1 aliphatic heterocycles. The molecule has 1 unspecified atom stereocenters. The van der Waals surface area contributed by atoms with Crippen molar-refractivity contribution in [2.24, 2.45) is 4.99 Å². The van der Waals surface area contributed by atoms with Gasteiger partial charge in [0.05, 0.1) is 6.61 Å². The predicted octanol–water partition coefficient (Wildman–Crippen LogP) is 1.30. The van der Waals surface area contributed by atoms with Gasteiger partial charge in [0.2, 0.25) is 0 Å². The molecule has 0 saturated carbocycles. The minimum atomic E-state index is 0.496. The normalized spacial score (nSPS) is 19.7. The molecule has 6 nitrogen and oxygen atoms in total. The molecule has 1 fully saturated rings. The van der Waals surface area contributed by atoms with Crippen LogP contribution in [0.1, 0.15) is 18.1 Å². The summed E-state index contributed by atoms with van der Waals surface area (Å²) in [7, 11) is 6.18. The Morgan fingerprint density at radius 1 is 1.28 bits per heavy atom. The van der Waals surface area contributed by atoms with Crippen LogP contribution in [0.15, 0.2) is 23.2 Å². The number of benzene rings is 1. The van der Waals surface area contributed by atoms with E-state index in [-0.39, 0.29) is 0 Å². The van der Waals surface area contributed by atoms with Gasteiger partial charge < -0.3 is 20.3 Å². The third-order valence-electron chi connectivity index (χ3n) is 4.68. The molecule has 0 aromatic heterocycles. The van der Waals surface area contributed by atoms with Crippen LogP contribution >= 0.6 is 0 Å².